The maximum atomic E-state index is 11.9. The summed E-state index contributed by atoms with van der Waals surface area (Å²) in [4.78, 5) is 16.2. The van der Waals surface area contributed by atoms with Crippen LogP contribution >= 0.6 is 0 Å². The van der Waals surface area contributed by atoms with E-state index in [0.717, 1.165) is 0 Å². The lowest BCUT2D eigenvalue weighted by atomic mass is 10.2. The first-order valence-electron chi connectivity index (χ1n) is 5.96. The highest BCUT2D eigenvalue weighted by Gasteiger charge is 2.30. The smallest absolute Gasteiger partial charge is 0.410 e. The Hall–Kier alpha value is -1.46. The summed E-state index contributed by atoms with van der Waals surface area (Å²) < 4.78 is 10.9. The zero-order valence-corrected chi connectivity index (χ0v) is 11.3. The minimum absolute atomic E-state index is 0.0924. The largest absolute Gasteiger partial charge is 0.444 e. The van der Waals surface area contributed by atoms with Gasteiger partial charge in [0.15, 0.2) is 0 Å². The molecule has 0 N–H and O–H groups in total. The first-order valence-corrected chi connectivity index (χ1v) is 5.96. The van der Waals surface area contributed by atoms with Gasteiger partial charge in [0, 0.05) is 4.91 Å². The van der Waals surface area contributed by atoms with E-state index in [1.54, 1.807) is 4.90 Å². The Labute approximate surface area is 107 Å². The van der Waals surface area contributed by atoms with Crippen LogP contribution in [0.25, 0.3) is 10.4 Å². The van der Waals surface area contributed by atoms with E-state index in [1.807, 2.05) is 27.7 Å². The molecule has 1 rings (SSSR count). The number of morpholine rings is 1. The number of carbonyl (C=O) groups excluding carboxylic acids is 1. The van der Waals surface area contributed by atoms with Gasteiger partial charge in [0.2, 0.25) is 0 Å². The van der Waals surface area contributed by atoms with Gasteiger partial charge in [-0.1, -0.05) is 5.11 Å². The molecule has 1 heterocycles. The third kappa shape index (κ3) is 4.81. The van der Waals surface area contributed by atoms with Crippen LogP contribution in [-0.4, -0.2) is 48.4 Å². The summed E-state index contributed by atoms with van der Waals surface area (Å²) in [6.45, 7) is 8.45. The van der Waals surface area contributed by atoms with Crippen molar-refractivity contribution in [2.45, 2.75) is 45.5 Å². The van der Waals surface area contributed by atoms with Crippen LogP contribution < -0.4 is 0 Å². The van der Waals surface area contributed by atoms with Gasteiger partial charge in [0.05, 0.1) is 31.8 Å². The van der Waals surface area contributed by atoms with Crippen molar-refractivity contribution < 1.29 is 14.3 Å². The Morgan fingerprint density at radius 2 is 2.22 bits per heavy atom. The fourth-order valence-corrected chi connectivity index (χ4v) is 1.75. The molecular formula is C11H20N4O3. The summed E-state index contributed by atoms with van der Waals surface area (Å²) in [5.74, 6) is 0. The van der Waals surface area contributed by atoms with Crippen molar-refractivity contribution in [2.75, 3.05) is 19.6 Å². The Balaban J connectivity index is 2.59. The first-order chi connectivity index (χ1) is 8.31. The monoisotopic (exact) mass is 256 g/mol. The second-order valence-corrected chi connectivity index (χ2v) is 5.37. The molecule has 1 aliphatic heterocycles. The third-order valence-electron chi connectivity index (χ3n) is 2.33. The molecule has 0 saturated carbocycles. The summed E-state index contributed by atoms with van der Waals surface area (Å²) in [5, 5.41) is 3.48. The maximum absolute atomic E-state index is 11.9. The molecule has 0 radical (unpaired) electrons. The van der Waals surface area contributed by atoms with Crippen LogP contribution in [0.4, 0.5) is 4.79 Å². The normalized spacial score (nSPS) is 24.3. The molecule has 0 aliphatic carbocycles. The molecule has 1 unspecified atom stereocenters. The molecule has 1 fully saturated rings. The molecule has 7 nitrogen and oxygen atoms in total. The van der Waals surface area contributed by atoms with Gasteiger partial charge in [0.25, 0.3) is 0 Å². The number of hydrogen-bond acceptors (Lipinski definition) is 4. The van der Waals surface area contributed by atoms with Crippen molar-refractivity contribution in [1.29, 1.82) is 0 Å². The van der Waals surface area contributed by atoms with E-state index in [9.17, 15) is 4.79 Å². The Morgan fingerprint density at radius 1 is 1.56 bits per heavy atom. The van der Waals surface area contributed by atoms with Crippen molar-refractivity contribution in [1.82, 2.24) is 4.90 Å². The standard InChI is InChI=1S/C11H20N4O3/c1-8-6-15(10(16)18-11(2,3)4)7-9(17-8)5-13-14-12/h8-9H,5-7H2,1-4H3/t8-,9?/m1/s1. The van der Waals surface area contributed by atoms with Gasteiger partial charge < -0.3 is 14.4 Å². The third-order valence-corrected chi connectivity index (χ3v) is 2.33. The molecule has 1 aliphatic rings. The second kappa shape index (κ2) is 5.93. The van der Waals surface area contributed by atoms with Crippen molar-refractivity contribution in [3.05, 3.63) is 10.4 Å². The molecule has 0 aromatic rings. The summed E-state index contributed by atoms with van der Waals surface area (Å²) in [5.41, 5.74) is 7.77. The summed E-state index contributed by atoms with van der Waals surface area (Å²) in [7, 11) is 0. The number of carbonyl (C=O) groups is 1. The summed E-state index contributed by atoms with van der Waals surface area (Å²) >= 11 is 0. The molecule has 0 spiro atoms. The molecule has 0 aromatic carbocycles. The average Bonchev–Trinajstić information content (AvgIpc) is 2.23. The van der Waals surface area contributed by atoms with Gasteiger partial charge in [-0.3, -0.25) is 0 Å². The van der Waals surface area contributed by atoms with Gasteiger partial charge in [-0.15, -0.1) is 0 Å². The molecule has 0 aromatic heterocycles. The van der Waals surface area contributed by atoms with E-state index < -0.39 is 5.60 Å². The molecular weight excluding hydrogens is 236 g/mol. The SMILES string of the molecule is C[C@@H]1CN(C(=O)OC(C)(C)C)CC(CN=[N+]=[N-])O1. The highest BCUT2D eigenvalue weighted by Crippen LogP contribution is 2.16. The van der Waals surface area contributed by atoms with E-state index in [2.05, 4.69) is 10.0 Å². The minimum Gasteiger partial charge on any atom is -0.444 e. The number of azide groups is 1. The summed E-state index contributed by atoms with van der Waals surface area (Å²) in [6.07, 6.45) is -0.717. The molecule has 1 saturated heterocycles. The van der Waals surface area contributed by atoms with Gasteiger partial charge in [-0.25, -0.2) is 4.79 Å². The van der Waals surface area contributed by atoms with Crippen LogP contribution in [0, 0.1) is 0 Å². The lowest BCUT2D eigenvalue weighted by Gasteiger charge is -2.37. The van der Waals surface area contributed by atoms with Crippen LogP contribution in [0.3, 0.4) is 0 Å². The van der Waals surface area contributed by atoms with E-state index in [1.165, 1.54) is 0 Å². The Kier molecular flexibility index (Phi) is 4.81. The fourth-order valence-electron chi connectivity index (χ4n) is 1.75. The highest BCUT2D eigenvalue weighted by molar-refractivity contribution is 5.68. The predicted molar refractivity (Wildman–Crippen MR) is 66.2 cm³/mol. The molecule has 7 heteroatoms. The van der Waals surface area contributed by atoms with Crippen LogP contribution in [-0.2, 0) is 9.47 Å². The lowest BCUT2D eigenvalue weighted by molar-refractivity contribution is -0.0757. The highest BCUT2D eigenvalue weighted by atomic mass is 16.6. The lowest BCUT2D eigenvalue weighted by Crippen LogP contribution is -2.51. The maximum Gasteiger partial charge on any atom is 0.410 e. The first kappa shape index (κ1) is 14.6. The van der Waals surface area contributed by atoms with Crippen LogP contribution in [0.5, 0.6) is 0 Å². The minimum atomic E-state index is -0.515. The number of amides is 1. The quantitative estimate of drug-likeness (QED) is 0.431. The van der Waals surface area contributed by atoms with Crippen LogP contribution in [0.2, 0.25) is 0 Å². The number of ether oxygens (including phenoxy) is 2. The number of rotatable bonds is 2. The molecule has 2 atom stereocenters. The molecule has 102 valence electrons. The van der Waals surface area contributed by atoms with Gasteiger partial charge in [-0.2, -0.15) is 0 Å². The van der Waals surface area contributed by atoms with Gasteiger partial charge in [0.1, 0.15) is 5.60 Å². The predicted octanol–water partition coefficient (Wildman–Crippen LogP) is 2.32. The summed E-state index contributed by atoms with van der Waals surface area (Å²) in [6, 6.07) is 0. The Bertz CT molecular complexity index is 347. The van der Waals surface area contributed by atoms with Crippen molar-refractivity contribution in [2.24, 2.45) is 5.11 Å². The van der Waals surface area contributed by atoms with E-state index in [4.69, 9.17) is 15.0 Å². The topological polar surface area (TPSA) is 87.5 Å². The van der Waals surface area contributed by atoms with E-state index in [0.29, 0.717) is 13.1 Å². The number of hydrogen-bond donors (Lipinski definition) is 0. The molecule has 1 amide bonds. The molecule has 0 bridgehead atoms. The fraction of sp³-hybridized carbons (Fsp3) is 0.909. The second-order valence-electron chi connectivity index (χ2n) is 5.37. The Morgan fingerprint density at radius 3 is 2.78 bits per heavy atom. The van der Waals surface area contributed by atoms with Gasteiger partial charge >= 0.3 is 6.09 Å². The van der Waals surface area contributed by atoms with Crippen molar-refractivity contribution in [3.63, 3.8) is 0 Å². The van der Waals surface area contributed by atoms with Crippen molar-refractivity contribution >= 4 is 6.09 Å². The van der Waals surface area contributed by atoms with Crippen LogP contribution in [0.1, 0.15) is 27.7 Å². The van der Waals surface area contributed by atoms with Gasteiger partial charge in [-0.05, 0) is 33.2 Å². The zero-order chi connectivity index (χ0) is 13.8. The average molecular weight is 256 g/mol. The van der Waals surface area contributed by atoms with Crippen molar-refractivity contribution in [3.8, 4) is 0 Å². The van der Waals surface area contributed by atoms with E-state index in [-0.39, 0.29) is 24.8 Å². The zero-order valence-electron chi connectivity index (χ0n) is 11.3. The number of nitrogens with zero attached hydrogens (tertiary/aromatic N) is 4. The van der Waals surface area contributed by atoms with E-state index >= 15 is 0 Å². The molecule has 18 heavy (non-hydrogen) atoms. The van der Waals surface area contributed by atoms with Crippen LogP contribution in [0.15, 0.2) is 5.11 Å².